The summed E-state index contributed by atoms with van der Waals surface area (Å²) < 4.78 is 13.1. The van der Waals surface area contributed by atoms with Crippen molar-refractivity contribution in [1.29, 1.82) is 0 Å². The van der Waals surface area contributed by atoms with Gasteiger partial charge in [-0.2, -0.15) is 0 Å². The molecule has 0 unspecified atom stereocenters. The van der Waals surface area contributed by atoms with Crippen molar-refractivity contribution in [3.8, 4) is 17.6 Å². The van der Waals surface area contributed by atoms with Gasteiger partial charge in [-0.15, -0.1) is 0 Å². The number of carbonyl (C=O) groups is 1. The van der Waals surface area contributed by atoms with E-state index in [2.05, 4.69) is 22.1 Å². The Hall–Kier alpha value is -2.91. The number of hydrogen-bond donors (Lipinski definition) is 3. The van der Waals surface area contributed by atoms with Crippen LogP contribution in [0.4, 0.5) is 10.2 Å². The summed E-state index contributed by atoms with van der Waals surface area (Å²) in [5.41, 5.74) is 0.362. The molecular weight excluding hydrogens is 275 g/mol. The number of benzene rings is 1. The van der Waals surface area contributed by atoms with Crippen LogP contribution >= 0.6 is 0 Å². The molecule has 0 aliphatic heterocycles. The Morgan fingerprint density at radius 1 is 1.33 bits per heavy atom. The second-order valence-electron chi connectivity index (χ2n) is 4.01. The standard InChI is InChI=1S/C15H11FN2O3/c16-11-3-4-13(20)12(9-11)15(21)18-14-8-10(2-1-7-19)5-6-17-14/h3-6,8-9,19-20H,7H2,(H,17,18,21). The van der Waals surface area contributed by atoms with Gasteiger partial charge in [0, 0.05) is 11.8 Å². The molecule has 0 saturated heterocycles. The number of anilines is 1. The van der Waals surface area contributed by atoms with Crippen LogP contribution in [0.5, 0.6) is 5.75 Å². The molecule has 1 aromatic heterocycles. The van der Waals surface area contributed by atoms with Crippen molar-refractivity contribution in [2.75, 3.05) is 11.9 Å². The maximum Gasteiger partial charge on any atom is 0.260 e. The first-order valence-corrected chi connectivity index (χ1v) is 5.96. The lowest BCUT2D eigenvalue weighted by atomic mass is 10.2. The molecule has 1 aromatic carbocycles. The average molecular weight is 286 g/mol. The number of nitrogens with zero attached hydrogens (tertiary/aromatic N) is 1. The van der Waals surface area contributed by atoms with Crippen LogP contribution in [0.25, 0.3) is 0 Å². The second kappa shape index (κ2) is 6.50. The number of pyridine rings is 1. The number of hydrogen-bond acceptors (Lipinski definition) is 4. The minimum absolute atomic E-state index is 0.191. The van der Waals surface area contributed by atoms with Crippen molar-refractivity contribution >= 4 is 11.7 Å². The van der Waals surface area contributed by atoms with Gasteiger partial charge in [-0.25, -0.2) is 9.37 Å². The highest BCUT2D eigenvalue weighted by molar-refractivity contribution is 6.05. The van der Waals surface area contributed by atoms with E-state index in [-0.39, 0.29) is 23.7 Å². The molecule has 0 bridgehead atoms. The SMILES string of the molecule is O=C(Nc1cc(C#CCO)ccn1)c1cc(F)ccc1O. The van der Waals surface area contributed by atoms with Crippen LogP contribution in [0.1, 0.15) is 15.9 Å². The predicted octanol–water partition coefficient (Wildman–Crippen LogP) is 1.52. The third-order valence-electron chi connectivity index (χ3n) is 2.52. The Labute approximate surface area is 120 Å². The molecule has 106 valence electrons. The number of phenolic OH excluding ortho intramolecular Hbond substituents is 1. The number of aromatic hydroxyl groups is 1. The van der Waals surface area contributed by atoms with Gasteiger partial charge < -0.3 is 15.5 Å². The zero-order valence-corrected chi connectivity index (χ0v) is 10.8. The van der Waals surface area contributed by atoms with Gasteiger partial charge in [0.2, 0.25) is 0 Å². The first-order valence-electron chi connectivity index (χ1n) is 5.96. The number of rotatable bonds is 2. The van der Waals surface area contributed by atoms with Gasteiger partial charge in [0.1, 0.15) is 24.0 Å². The van der Waals surface area contributed by atoms with E-state index in [4.69, 9.17) is 5.11 Å². The van der Waals surface area contributed by atoms with E-state index in [0.29, 0.717) is 5.56 Å². The number of aliphatic hydroxyl groups excluding tert-OH is 1. The first kappa shape index (κ1) is 14.5. The van der Waals surface area contributed by atoms with Crippen molar-refractivity contribution in [3.63, 3.8) is 0 Å². The summed E-state index contributed by atoms with van der Waals surface area (Å²) >= 11 is 0. The van der Waals surface area contributed by atoms with Gasteiger partial charge in [-0.1, -0.05) is 11.8 Å². The molecule has 6 heteroatoms. The minimum Gasteiger partial charge on any atom is -0.507 e. The molecule has 0 atom stereocenters. The zero-order valence-electron chi connectivity index (χ0n) is 10.8. The van der Waals surface area contributed by atoms with Crippen molar-refractivity contribution < 1.29 is 19.4 Å². The van der Waals surface area contributed by atoms with Crippen LogP contribution in [-0.2, 0) is 0 Å². The van der Waals surface area contributed by atoms with Crippen molar-refractivity contribution in [2.24, 2.45) is 0 Å². The smallest absolute Gasteiger partial charge is 0.260 e. The van der Waals surface area contributed by atoms with Gasteiger partial charge in [0.25, 0.3) is 5.91 Å². The fraction of sp³-hybridized carbons (Fsp3) is 0.0667. The van der Waals surface area contributed by atoms with Crippen LogP contribution in [0, 0.1) is 17.7 Å². The summed E-state index contributed by atoms with van der Waals surface area (Å²) in [5, 5.41) is 20.6. The van der Waals surface area contributed by atoms with Crippen LogP contribution < -0.4 is 5.32 Å². The monoisotopic (exact) mass is 286 g/mol. The third kappa shape index (κ3) is 3.78. The summed E-state index contributed by atoms with van der Waals surface area (Å²) in [4.78, 5) is 15.9. The molecule has 5 nitrogen and oxygen atoms in total. The van der Waals surface area contributed by atoms with Crippen molar-refractivity contribution in [3.05, 3.63) is 53.5 Å². The summed E-state index contributed by atoms with van der Waals surface area (Å²) in [5.74, 6) is 3.69. The minimum atomic E-state index is -0.688. The Balaban J connectivity index is 2.21. The number of amides is 1. The molecule has 0 aliphatic rings. The van der Waals surface area contributed by atoms with E-state index in [1.54, 1.807) is 6.07 Å². The van der Waals surface area contributed by atoms with Crippen molar-refractivity contribution in [1.82, 2.24) is 4.98 Å². The lowest BCUT2D eigenvalue weighted by Gasteiger charge is -2.06. The normalized spacial score (nSPS) is 9.62. The fourth-order valence-corrected chi connectivity index (χ4v) is 1.59. The largest absolute Gasteiger partial charge is 0.507 e. The number of nitrogens with one attached hydrogen (secondary N) is 1. The quantitative estimate of drug-likeness (QED) is 0.731. The van der Waals surface area contributed by atoms with Gasteiger partial charge in [0.15, 0.2) is 0 Å². The van der Waals surface area contributed by atoms with E-state index in [1.807, 2.05) is 0 Å². The molecule has 0 spiro atoms. The van der Waals surface area contributed by atoms with Crippen LogP contribution in [0.15, 0.2) is 36.5 Å². The Morgan fingerprint density at radius 3 is 2.90 bits per heavy atom. The lowest BCUT2D eigenvalue weighted by molar-refractivity contribution is 0.102. The lowest BCUT2D eigenvalue weighted by Crippen LogP contribution is -2.13. The number of phenols is 1. The molecular formula is C15H11FN2O3. The van der Waals surface area contributed by atoms with Gasteiger partial charge >= 0.3 is 0 Å². The predicted molar refractivity (Wildman–Crippen MR) is 74.2 cm³/mol. The molecule has 0 fully saturated rings. The Bertz CT molecular complexity index is 735. The number of aromatic nitrogens is 1. The number of aliphatic hydroxyl groups is 1. The molecule has 1 amide bonds. The van der Waals surface area contributed by atoms with E-state index < -0.39 is 11.7 Å². The van der Waals surface area contributed by atoms with E-state index >= 15 is 0 Å². The van der Waals surface area contributed by atoms with Gasteiger partial charge in [-0.05, 0) is 30.3 Å². The molecule has 21 heavy (non-hydrogen) atoms. The van der Waals surface area contributed by atoms with Gasteiger partial charge in [-0.3, -0.25) is 4.79 Å². The van der Waals surface area contributed by atoms with E-state index in [9.17, 15) is 14.3 Å². The number of halogens is 1. The highest BCUT2D eigenvalue weighted by atomic mass is 19.1. The molecule has 2 aromatic rings. The third-order valence-corrected chi connectivity index (χ3v) is 2.52. The molecule has 0 aliphatic carbocycles. The summed E-state index contributed by atoms with van der Waals surface area (Å²) in [6, 6.07) is 6.19. The summed E-state index contributed by atoms with van der Waals surface area (Å²) in [7, 11) is 0. The maximum absolute atomic E-state index is 13.1. The molecule has 0 radical (unpaired) electrons. The Kier molecular flexibility index (Phi) is 4.49. The highest BCUT2D eigenvalue weighted by Crippen LogP contribution is 2.19. The Morgan fingerprint density at radius 2 is 2.14 bits per heavy atom. The maximum atomic E-state index is 13.1. The van der Waals surface area contributed by atoms with E-state index in [0.717, 1.165) is 18.2 Å². The van der Waals surface area contributed by atoms with E-state index in [1.165, 1.54) is 12.3 Å². The highest BCUT2D eigenvalue weighted by Gasteiger charge is 2.13. The molecule has 0 saturated carbocycles. The van der Waals surface area contributed by atoms with Gasteiger partial charge in [0.05, 0.1) is 5.56 Å². The summed E-state index contributed by atoms with van der Waals surface area (Å²) in [6.45, 7) is -0.277. The fourth-order valence-electron chi connectivity index (χ4n) is 1.59. The first-order chi connectivity index (χ1) is 10.1. The van der Waals surface area contributed by atoms with Crippen LogP contribution in [0.2, 0.25) is 0 Å². The molecule has 2 rings (SSSR count). The summed E-state index contributed by atoms with van der Waals surface area (Å²) in [6.07, 6.45) is 1.43. The van der Waals surface area contributed by atoms with Crippen LogP contribution in [-0.4, -0.2) is 27.7 Å². The molecule has 3 N–H and O–H groups in total. The molecule has 1 heterocycles. The van der Waals surface area contributed by atoms with Crippen molar-refractivity contribution in [2.45, 2.75) is 0 Å². The second-order valence-corrected chi connectivity index (χ2v) is 4.01. The van der Waals surface area contributed by atoms with Crippen LogP contribution in [0.3, 0.4) is 0 Å². The zero-order chi connectivity index (χ0) is 15.2. The average Bonchev–Trinajstić information content (AvgIpc) is 2.48. The number of carbonyl (C=O) groups excluding carboxylic acids is 1. The topological polar surface area (TPSA) is 82.5 Å².